The lowest BCUT2D eigenvalue weighted by molar-refractivity contribution is -0.115. The van der Waals surface area contributed by atoms with Gasteiger partial charge < -0.3 is 9.26 Å². The highest BCUT2D eigenvalue weighted by atomic mass is 32.2. The second-order valence-corrected chi connectivity index (χ2v) is 13.2. The molecule has 10 heteroatoms. The van der Waals surface area contributed by atoms with Crippen molar-refractivity contribution in [2.75, 3.05) is 11.3 Å². The van der Waals surface area contributed by atoms with Crippen molar-refractivity contribution < 1.29 is 22.5 Å². The summed E-state index contributed by atoms with van der Waals surface area (Å²) in [5, 5.41) is 3.87. The summed E-state index contributed by atoms with van der Waals surface area (Å²) in [4.78, 5) is 19.3. The molecule has 0 bridgehead atoms. The third-order valence-electron chi connectivity index (χ3n) is 8.01. The SMILES string of the molecule is CCCCC(=NC1(C)CCCC1)N(C=O)Cc1ccc(-c2ccccc2S(=O)(=O)Nc2noc(C)c2C)c(OCCC)c1. The van der Waals surface area contributed by atoms with Gasteiger partial charge in [-0.2, -0.15) is 0 Å². The number of nitrogens with zero attached hydrogens (tertiary/aromatic N) is 3. The van der Waals surface area contributed by atoms with Crippen molar-refractivity contribution in [2.45, 2.75) is 103 Å². The van der Waals surface area contributed by atoms with Gasteiger partial charge in [-0.25, -0.2) is 8.42 Å². The highest BCUT2D eigenvalue weighted by molar-refractivity contribution is 7.92. The Morgan fingerprint density at radius 1 is 1.12 bits per heavy atom. The maximum atomic E-state index is 13.6. The van der Waals surface area contributed by atoms with Crippen LogP contribution in [0.3, 0.4) is 0 Å². The number of carbonyl (C=O) groups is 1. The summed E-state index contributed by atoms with van der Waals surface area (Å²) in [6.07, 6.45) is 8.74. The van der Waals surface area contributed by atoms with Gasteiger partial charge in [-0.3, -0.25) is 19.4 Å². The molecule has 0 saturated heterocycles. The van der Waals surface area contributed by atoms with E-state index < -0.39 is 10.0 Å². The number of sulfonamides is 1. The third kappa shape index (κ3) is 7.84. The van der Waals surface area contributed by atoms with Gasteiger partial charge in [0.2, 0.25) is 6.41 Å². The van der Waals surface area contributed by atoms with Crippen LogP contribution < -0.4 is 9.46 Å². The van der Waals surface area contributed by atoms with Gasteiger partial charge in [0.25, 0.3) is 10.0 Å². The lowest BCUT2D eigenvalue weighted by Gasteiger charge is -2.26. The average Bonchev–Trinajstić information content (AvgIpc) is 3.57. The Balaban J connectivity index is 1.69. The van der Waals surface area contributed by atoms with Crippen molar-refractivity contribution >= 4 is 28.1 Å². The number of hydrogen-bond donors (Lipinski definition) is 1. The lowest BCUT2D eigenvalue weighted by atomic mass is 10.0. The van der Waals surface area contributed by atoms with Gasteiger partial charge in [-0.15, -0.1) is 0 Å². The third-order valence-corrected chi connectivity index (χ3v) is 9.41. The zero-order valence-electron chi connectivity index (χ0n) is 26.0. The standard InChI is InChI=1S/C33H44N4O5S/c1-6-8-15-31(34-33(5)18-11-12-19-33)37(23-38)22-26-16-17-27(29(21-26)41-20-7-2)28-13-9-10-14-30(28)43(39,40)36-32-24(3)25(4)42-35-32/h9-10,13-14,16-17,21,23H,6-8,11-12,15,18-20,22H2,1-5H3,(H,35,36). The van der Waals surface area contributed by atoms with Crippen molar-refractivity contribution in [3.05, 3.63) is 59.4 Å². The normalized spacial score (nSPS) is 15.0. The quantitative estimate of drug-likeness (QED) is 0.116. The Hall–Kier alpha value is -3.66. The fourth-order valence-corrected chi connectivity index (χ4v) is 6.66. The molecule has 1 aromatic heterocycles. The molecule has 1 heterocycles. The maximum Gasteiger partial charge on any atom is 0.263 e. The molecule has 0 radical (unpaired) electrons. The number of amidine groups is 1. The molecule has 4 rings (SSSR count). The zero-order chi connectivity index (χ0) is 31.0. The first-order chi connectivity index (χ1) is 20.6. The van der Waals surface area contributed by atoms with Crippen LogP contribution in [0.15, 0.2) is 56.9 Å². The number of anilines is 1. The maximum absolute atomic E-state index is 13.6. The number of aliphatic imine (C=N–C) groups is 1. The van der Waals surface area contributed by atoms with E-state index in [1.165, 1.54) is 0 Å². The number of rotatable bonds is 14. The van der Waals surface area contributed by atoms with Gasteiger partial charge in [0, 0.05) is 23.1 Å². The molecule has 1 amide bonds. The van der Waals surface area contributed by atoms with Crippen molar-refractivity contribution in [3.63, 3.8) is 0 Å². The van der Waals surface area contributed by atoms with E-state index in [-0.39, 0.29) is 16.3 Å². The van der Waals surface area contributed by atoms with Crippen LogP contribution in [-0.2, 0) is 21.4 Å². The molecule has 43 heavy (non-hydrogen) atoms. The molecule has 9 nitrogen and oxygen atoms in total. The molecule has 1 fully saturated rings. The Kier molecular flexibility index (Phi) is 10.7. The molecule has 2 aromatic carbocycles. The van der Waals surface area contributed by atoms with E-state index in [0.29, 0.717) is 41.4 Å². The molecule has 3 aromatic rings. The minimum absolute atomic E-state index is 0.0949. The van der Waals surface area contributed by atoms with Crippen LogP contribution in [0.4, 0.5) is 5.82 Å². The Morgan fingerprint density at radius 2 is 1.86 bits per heavy atom. The van der Waals surface area contributed by atoms with Crippen LogP contribution in [0.2, 0.25) is 0 Å². The van der Waals surface area contributed by atoms with Crippen LogP contribution >= 0.6 is 0 Å². The van der Waals surface area contributed by atoms with E-state index >= 15 is 0 Å². The van der Waals surface area contributed by atoms with Crippen LogP contribution in [0.1, 0.15) is 89.0 Å². The second-order valence-electron chi connectivity index (χ2n) is 11.6. The summed E-state index contributed by atoms with van der Waals surface area (Å²) in [5.74, 6) is 2.07. The first-order valence-corrected chi connectivity index (χ1v) is 16.7. The predicted molar refractivity (Wildman–Crippen MR) is 170 cm³/mol. The number of benzene rings is 2. The number of nitrogens with one attached hydrogen (secondary N) is 1. The van der Waals surface area contributed by atoms with Crippen molar-refractivity contribution in [3.8, 4) is 16.9 Å². The Bertz CT molecular complexity index is 1540. The summed E-state index contributed by atoms with van der Waals surface area (Å²) in [5.41, 5.74) is 2.51. The molecule has 1 saturated carbocycles. The highest BCUT2D eigenvalue weighted by Crippen LogP contribution is 2.37. The smallest absolute Gasteiger partial charge is 0.263 e. The molecule has 1 aliphatic rings. The minimum Gasteiger partial charge on any atom is -0.493 e. The van der Waals surface area contributed by atoms with Gasteiger partial charge in [0.15, 0.2) is 5.82 Å². The number of unbranched alkanes of at least 4 members (excludes halogenated alkanes) is 1. The molecular weight excluding hydrogens is 564 g/mol. The summed E-state index contributed by atoms with van der Waals surface area (Å²) < 4.78 is 41.0. The van der Waals surface area contributed by atoms with E-state index in [4.69, 9.17) is 14.3 Å². The monoisotopic (exact) mass is 608 g/mol. The molecule has 0 atom stereocenters. The van der Waals surface area contributed by atoms with Crippen LogP contribution in [0, 0.1) is 13.8 Å². The van der Waals surface area contributed by atoms with E-state index in [0.717, 1.165) is 69.2 Å². The van der Waals surface area contributed by atoms with Gasteiger partial charge in [0.1, 0.15) is 17.3 Å². The predicted octanol–water partition coefficient (Wildman–Crippen LogP) is 7.43. The van der Waals surface area contributed by atoms with E-state index in [1.807, 2.05) is 25.1 Å². The largest absolute Gasteiger partial charge is 0.493 e. The summed E-state index contributed by atoms with van der Waals surface area (Å²) in [6, 6.07) is 12.5. The summed E-state index contributed by atoms with van der Waals surface area (Å²) in [7, 11) is -4.01. The number of carbonyl (C=O) groups excluding carboxylic acids is 1. The number of amides is 1. The first kappa shape index (κ1) is 32.3. The van der Waals surface area contributed by atoms with Crippen LogP contribution in [0.25, 0.3) is 11.1 Å². The van der Waals surface area contributed by atoms with Crippen molar-refractivity contribution in [1.82, 2.24) is 10.1 Å². The minimum atomic E-state index is -4.01. The van der Waals surface area contributed by atoms with E-state index in [1.54, 1.807) is 43.0 Å². The highest BCUT2D eigenvalue weighted by Gasteiger charge is 2.29. The fraction of sp³-hybridized carbons (Fsp3) is 0.485. The first-order valence-electron chi connectivity index (χ1n) is 15.2. The molecular formula is C33H44N4O5S. The van der Waals surface area contributed by atoms with Gasteiger partial charge in [-0.1, -0.05) is 68.6 Å². The van der Waals surface area contributed by atoms with Crippen LogP contribution in [0.5, 0.6) is 5.75 Å². The van der Waals surface area contributed by atoms with E-state index in [9.17, 15) is 13.2 Å². The van der Waals surface area contributed by atoms with Gasteiger partial charge in [-0.05, 0) is 64.2 Å². The fourth-order valence-electron chi connectivity index (χ4n) is 5.38. The lowest BCUT2D eigenvalue weighted by Crippen LogP contribution is -2.32. The molecule has 0 aliphatic heterocycles. The summed E-state index contributed by atoms with van der Waals surface area (Å²) in [6.45, 7) is 10.6. The van der Waals surface area contributed by atoms with Gasteiger partial charge in [0.05, 0.1) is 23.6 Å². The zero-order valence-corrected chi connectivity index (χ0v) is 26.8. The topological polar surface area (TPSA) is 114 Å². The number of ether oxygens (including phenoxy) is 1. The van der Waals surface area contributed by atoms with Crippen molar-refractivity contribution in [2.24, 2.45) is 4.99 Å². The van der Waals surface area contributed by atoms with Crippen LogP contribution in [-0.4, -0.2) is 42.9 Å². The van der Waals surface area contributed by atoms with Crippen molar-refractivity contribution in [1.29, 1.82) is 0 Å². The molecule has 0 unspecified atom stereocenters. The van der Waals surface area contributed by atoms with E-state index in [2.05, 4.69) is 23.7 Å². The Labute approximate surface area is 255 Å². The molecule has 232 valence electrons. The molecule has 1 aliphatic carbocycles. The Morgan fingerprint density at radius 3 is 2.51 bits per heavy atom. The molecule has 1 N–H and O–H groups in total. The molecule has 0 spiro atoms. The second kappa shape index (κ2) is 14.2. The number of aromatic nitrogens is 1. The van der Waals surface area contributed by atoms with Gasteiger partial charge >= 0.3 is 0 Å². The number of hydrogen-bond acceptors (Lipinski definition) is 7. The summed E-state index contributed by atoms with van der Waals surface area (Å²) >= 11 is 0. The number of aryl methyl sites for hydroxylation is 1. The average molecular weight is 609 g/mol.